The molecule has 1 amide bonds. The van der Waals surface area contributed by atoms with Crippen molar-refractivity contribution in [2.75, 3.05) is 6.26 Å². The summed E-state index contributed by atoms with van der Waals surface area (Å²) in [5, 5.41) is 6.57. The standard InChI is InChI=1S/C30H29F5N4O3S.H2/c1-43(41,42)22-10-8-19(9-11-22)23-6-4-12-36-28(23)25(15-18-13-20(31)16-21(32)14-18)37-27(40)17-39-26-7-3-2-5-24(26)29(38-39)30(33,34)35;/h4,6,8-14,16,25,41-42H,2-3,5,7,15,17H2,1H3,(H,37,40);1H/t25-;/m0./s1. The van der Waals surface area contributed by atoms with Crippen LogP contribution in [0.3, 0.4) is 0 Å². The van der Waals surface area contributed by atoms with Crippen molar-refractivity contribution in [1.82, 2.24) is 20.1 Å². The minimum atomic E-state index is -4.66. The number of nitrogens with one attached hydrogen (secondary N) is 1. The molecule has 230 valence electrons. The first-order valence-electron chi connectivity index (χ1n) is 13.5. The van der Waals surface area contributed by atoms with Crippen LogP contribution in [0, 0.1) is 11.6 Å². The van der Waals surface area contributed by atoms with Gasteiger partial charge in [-0.2, -0.15) is 28.9 Å². The molecule has 3 N–H and O–H groups in total. The fourth-order valence-corrected chi connectivity index (χ4v) is 6.07. The number of amides is 1. The summed E-state index contributed by atoms with van der Waals surface area (Å²) >= 11 is 0. The summed E-state index contributed by atoms with van der Waals surface area (Å²) in [5.74, 6) is -2.27. The Hall–Kier alpha value is -3.81. The second-order valence-corrected chi connectivity index (χ2v) is 12.7. The van der Waals surface area contributed by atoms with Crippen molar-refractivity contribution in [3.8, 4) is 11.1 Å². The average molecular weight is 623 g/mol. The predicted molar refractivity (Wildman–Crippen MR) is 154 cm³/mol. The van der Waals surface area contributed by atoms with E-state index in [0.29, 0.717) is 46.7 Å². The van der Waals surface area contributed by atoms with Crippen molar-refractivity contribution in [2.24, 2.45) is 0 Å². The maximum Gasteiger partial charge on any atom is 0.435 e. The van der Waals surface area contributed by atoms with Crippen LogP contribution in [0.25, 0.3) is 11.1 Å². The highest BCUT2D eigenvalue weighted by atomic mass is 32.3. The van der Waals surface area contributed by atoms with E-state index in [1.54, 1.807) is 36.4 Å². The van der Waals surface area contributed by atoms with Crippen molar-refractivity contribution in [1.29, 1.82) is 0 Å². The zero-order chi connectivity index (χ0) is 30.9. The molecule has 4 aromatic rings. The Kier molecular flexibility index (Phi) is 8.59. The van der Waals surface area contributed by atoms with Gasteiger partial charge >= 0.3 is 6.18 Å². The van der Waals surface area contributed by atoms with Crippen LogP contribution in [0.2, 0.25) is 0 Å². The molecule has 5 rings (SSSR count). The van der Waals surface area contributed by atoms with Crippen LogP contribution in [-0.2, 0) is 36.8 Å². The number of hydrogen-bond donors (Lipinski definition) is 3. The molecule has 0 radical (unpaired) electrons. The van der Waals surface area contributed by atoms with Crippen LogP contribution in [0.5, 0.6) is 0 Å². The number of hydrogen-bond acceptors (Lipinski definition) is 5. The van der Waals surface area contributed by atoms with Crippen molar-refractivity contribution in [2.45, 2.75) is 55.8 Å². The number of alkyl halides is 3. The molecule has 0 unspecified atom stereocenters. The van der Waals surface area contributed by atoms with E-state index in [4.69, 9.17) is 0 Å². The Morgan fingerprint density at radius 2 is 1.74 bits per heavy atom. The van der Waals surface area contributed by atoms with Gasteiger partial charge in [0.2, 0.25) is 5.91 Å². The summed E-state index contributed by atoms with van der Waals surface area (Å²) in [4.78, 5) is 18.2. The Bertz CT molecular complexity index is 1620. The van der Waals surface area contributed by atoms with Gasteiger partial charge in [-0.25, -0.2) is 8.78 Å². The molecule has 0 aliphatic heterocycles. The first-order chi connectivity index (χ1) is 20.3. The highest BCUT2D eigenvalue weighted by molar-refractivity contribution is 8.23. The summed E-state index contributed by atoms with van der Waals surface area (Å²) in [6.45, 7) is -0.488. The van der Waals surface area contributed by atoms with Gasteiger partial charge in [0.15, 0.2) is 5.69 Å². The van der Waals surface area contributed by atoms with Gasteiger partial charge < -0.3 is 5.32 Å². The molecule has 2 aromatic carbocycles. The number of aromatic nitrogens is 3. The van der Waals surface area contributed by atoms with E-state index in [9.17, 15) is 35.9 Å². The van der Waals surface area contributed by atoms with Crippen molar-refractivity contribution in [3.05, 3.63) is 101 Å². The Morgan fingerprint density at radius 1 is 1.07 bits per heavy atom. The minimum Gasteiger partial charge on any atom is -0.346 e. The van der Waals surface area contributed by atoms with E-state index in [-0.39, 0.29) is 25.4 Å². The number of halogens is 5. The van der Waals surface area contributed by atoms with Gasteiger partial charge in [-0.1, -0.05) is 18.2 Å². The van der Waals surface area contributed by atoms with Crippen LogP contribution in [0.4, 0.5) is 22.0 Å². The molecule has 0 fully saturated rings. The van der Waals surface area contributed by atoms with Crippen LogP contribution in [-0.4, -0.2) is 36.0 Å². The average Bonchev–Trinajstić information content (AvgIpc) is 3.31. The Balaban J connectivity index is 0.00000442. The largest absolute Gasteiger partial charge is 0.435 e. The lowest BCUT2D eigenvalue weighted by Crippen LogP contribution is -2.34. The molecule has 1 atom stereocenters. The minimum absolute atomic E-state index is 0. The first kappa shape index (κ1) is 30.6. The third-order valence-corrected chi connectivity index (χ3v) is 8.46. The summed E-state index contributed by atoms with van der Waals surface area (Å²) in [7, 11) is -2.96. The summed E-state index contributed by atoms with van der Waals surface area (Å²) in [6, 6.07) is 11.8. The van der Waals surface area contributed by atoms with E-state index in [1.165, 1.54) is 12.5 Å². The molecule has 2 aromatic heterocycles. The van der Waals surface area contributed by atoms with Crippen LogP contribution in [0.15, 0.2) is 65.7 Å². The van der Waals surface area contributed by atoms with E-state index >= 15 is 0 Å². The van der Waals surface area contributed by atoms with Crippen LogP contribution < -0.4 is 5.32 Å². The SMILES string of the molecule is CS(O)(O)c1ccc(-c2cccnc2[C@H](Cc2cc(F)cc(F)c2)NC(=O)Cn2nc(C(F)(F)F)c3c2CCCC3)cc1.[HH]. The lowest BCUT2D eigenvalue weighted by atomic mass is 9.95. The lowest BCUT2D eigenvalue weighted by Gasteiger charge is -2.27. The molecule has 1 aliphatic rings. The van der Waals surface area contributed by atoms with Crippen LogP contribution >= 0.6 is 10.6 Å². The van der Waals surface area contributed by atoms with Gasteiger partial charge in [0.05, 0.1) is 16.6 Å². The highest BCUT2D eigenvalue weighted by Gasteiger charge is 2.39. The van der Waals surface area contributed by atoms with Gasteiger partial charge in [0, 0.05) is 36.8 Å². The van der Waals surface area contributed by atoms with E-state index in [1.807, 2.05) is 0 Å². The number of benzene rings is 2. The smallest absolute Gasteiger partial charge is 0.346 e. The van der Waals surface area contributed by atoms with E-state index in [2.05, 4.69) is 15.4 Å². The number of carbonyl (C=O) groups is 1. The third-order valence-electron chi connectivity index (χ3n) is 7.30. The zero-order valence-electron chi connectivity index (χ0n) is 23.0. The van der Waals surface area contributed by atoms with E-state index < -0.39 is 52.6 Å². The fourth-order valence-electron chi connectivity index (χ4n) is 5.42. The van der Waals surface area contributed by atoms with Crippen molar-refractivity contribution in [3.63, 3.8) is 0 Å². The molecule has 2 heterocycles. The van der Waals surface area contributed by atoms with Gasteiger partial charge in [-0.3, -0.25) is 23.6 Å². The maximum atomic E-state index is 14.1. The molecule has 0 spiro atoms. The monoisotopic (exact) mass is 622 g/mol. The molecule has 43 heavy (non-hydrogen) atoms. The highest BCUT2D eigenvalue weighted by Crippen LogP contribution is 2.44. The normalized spacial score (nSPS) is 14.7. The second kappa shape index (κ2) is 12.1. The molecule has 7 nitrogen and oxygen atoms in total. The number of nitrogens with zero attached hydrogens (tertiary/aromatic N) is 3. The van der Waals surface area contributed by atoms with Crippen molar-refractivity contribution < 1.29 is 37.3 Å². The van der Waals surface area contributed by atoms with Gasteiger partial charge in [0.25, 0.3) is 0 Å². The molecule has 1 aliphatic carbocycles. The van der Waals surface area contributed by atoms with Gasteiger partial charge in [0.1, 0.15) is 18.2 Å². The molecule has 13 heteroatoms. The maximum absolute atomic E-state index is 14.1. The molecular formula is C30H31F5N4O3S. The summed E-state index contributed by atoms with van der Waals surface area (Å²) in [5.41, 5.74) is 1.24. The van der Waals surface area contributed by atoms with Crippen molar-refractivity contribution >= 4 is 16.5 Å². The van der Waals surface area contributed by atoms with Gasteiger partial charge in [-0.05, 0) is 73.6 Å². The predicted octanol–water partition coefficient (Wildman–Crippen LogP) is 7.21. The second-order valence-electron chi connectivity index (χ2n) is 10.5. The topological polar surface area (TPSA) is 100 Å². The number of fused-ring (bicyclic) bond motifs is 1. The summed E-state index contributed by atoms with van der Waals surface area (Å²) < 4.78 is 90.3. The molecule has 0 bridgehead atoms. The van der Waals surface area contributed by atoms with Crippen LogP contribution in [0.1, 0.15) is 48.5 Å². The summed E-state index contributed by atoms with van der Waals surface area (Å²) in [6.07, 6.45) is -0.0886. The first-order valence-corrected chi connectivity index (χ1v) is 15.4. The fraction of sp³-hybridized carbons (Fsp3) is 0.300. The molecule has 0 saturated heterocycles. The number of pyridine rings is 1. The zero-order valence-corrected chi connectivity index (χ0v) is 23.9. The number of rotatable bonds is 8. The van der Waals surface area contributed by atoms with Gasteiger partial charge in [-0.15, -0.1) is 0 Å². The Morgan fingerprint density at radius 3 is 2.40 bits per heavy atom. The number of carbonyl (C=O) groups excluding carboxylic acids is 1. The Labute approximate surface area is 247 Å². The molecular weight excluding hydrogens is 591 g/mol. The molecule has 0 saturated carbocycles. The van der Waals surface area contributed by atoms with E-state index in [0.717, 1.165) is 22.9 Å². The quantitative estimate of drug-likeness (QED) is 0.181. The lowest BCUT2D eigenvalue weighted by molar-refractivity contribution is -0.142. The third kappa shape index (κ3) is 7.06.